The van der Waals surface area contributed by atoms with Crippen molar-refractivity contribution in [2.24, 2.45) is 0 Å². The van der Waals surface area contributed by atoms with E-state index in [-0.39, 0.29) is 6.61 Å². The number of aryl methyl sites for hydroxylation is 1. The van der Waals surface area contributed by atoms with Crippen LogP contribution in [0.15, 0.2) is 22.7 Å². The van der Waals surface area contributed by atoms with Crippen LogP contribution in [0.2, 0.25) is 0 Å². The number of aromatic amines is 1. The Morgan fingerprint density at radius 2 is 2.12 bits per heavy atom. The predicted octanol–water partition coefficient (Wildman–Crippen LogP) is 3.03. The number of halogens is 1. The zero-order valence-electron chi connectivity index (χ0n) is 9.04. The van der Waals surface area contributed by atoms with Crippen LogP contribution in [-0.2, 0) is 6.42 Å². The number of hydrogen-bond acceptors (Lipinski definition) is 2. The maximum Gasteiger partial charge on any atom is 0.107 e. The molecule has 86 valence electrons. The molecule has 0 saturated carbocycles. The Kier molecular flexibility index (Phi) is 3.96. The van der Waals surface area contributed by atoms with Crippen LogP contribution in [0.1, 0.15) is 25.1 Å². The number of hydrogen-bond donors (Lipinski definition) is 2. The van der Waals surface area contributed by atoms with Crippen molar-refractivity contribution in [1.82, 2.24) is 9.97 Å². The van der Waals surface area contributed by atoms with Gasteiger partial charge in [0.2, 0.25) is 0 Å². The average Bonchev–Trinajstić information content (AvgIpc) is 2.66. The van der Waals surface area contributed by atoms with Gasteiger partial charge in [-0.25, -0.2) is 4.98 Å². The van der Waals surface area contributed by atoms with Crippen LogP contribution in [0.3, 0.4) is 0 Å². The monoisotopic (exact) mass is 282 g/mol. The first-order chi connectivity index (χ1) is 7.79. The average molecular weight is 283 g/mol. The minimum absolute atomic E-state index is 0.285. The summed E-state index contributed by atoms with van der Waals surface area (Å²) in [4.78, 5) is 7.82. The predicted molar refractivity (Wildman–Crippen MR) is 68.4 cm³/mol. The molecule has 2 N–H and O–H groups in total. The molecule has 0 aliphatic heterocycles. The number of rotatable bonds is 5. The van der Waals surface area contributed by atoms with Gasteiger partial charge < -0.3 is 10.1 Å². The summed E-state index contributed by atoms with van der Waals surface area (Å²) in [5.41, 5.74) is 2.09. The van der Waals surface area contributed by atoms with Crippen molar-refractivity contribution >= 4 is 27.0 Å². The van der Waals surface area contributed by atoms with Crippen LogP contribution in [0.5, 0.6) is 0 Å². The van der Waals surface area contributed by atoms with Gasteiger partial charge in [0.25, 0.3) is 0 Å². The number of aliphatic hydroxyl groups excluding tert-OH is 1. The topological polar surface area (TPSA) is 48.9 Å². The number of fused-ring (bicyclic) bond motifs is 1. The van der Waals surface area contributed by atoms with E-state index >= 15 is 0 Å². The molecule has 1 heterocycles. The Morgan fingerprint density at radius 1 is 1.25 bits per heavy atom. The highest BCUT2D eigenvalue weighted by molar-refractivity contribution is 9.10. The highest BCUT2D eigenvalue weighted by Gasteiger charge is 2.02. The molecule has 0 saturated heterocycles. The van der Waals surface area contributed by atoms with Gasteiger partial charge in [-0.2, -0.15) is 0 Å². The first-order valence-electron chi connectivity index (χ1n) is 5.54. The number of imidazole rings is 1. The lowest BCUT2D eigenvalue weighted by atomic mass is 10.2. The molecule has 2 aromatic rings. The van der Waals surface area contributed by atoms with Crippen molar-refractivity contribution in [1.29, 1.82) is 0 Å². The molecule has 1 aromatic carbocycles. The second-order valence-electron chi connectivity index (χ2n) is 3.88. The minimum atomic E-state index is 0.285. The molecule has 0 aliphatic rings. The van der Waals surface area contributed by atoms with E-state index in [9.17, 15) is 0 Å². The van der Waals surface area contributed by atoms with E-state index < -0.39 is 0 Å². The van der Waals surface area contributed by atoms with Gasteiger partial charge in [-0.05, 0) is 31.0 Å². The Bertz CT molecular complexity index is 467. The summed E-state index contributed by atoms with van der Waals surface area (Å²) >= 11 is 3.44. The maximum absolute atomic E-state index is 8.68. The lowest BCUT2D eigenvalue weighted by molar-refractivity contribution is 0.283. The molecule has 0 spiro atoms. The van der Waals surface area contributed by atoms with Crippen molar-refractivity contribution in [3.8, 4) is 0 Å². The van der Waals surface area contributed by atoms with Crippen molar-refractivity contribution in [3.05, 3.63) is 28.5 Å². The summed E-state index contributed by atoms with van der Waals surface area (Å²) in [7, 11) is 0. The molecule has 0 atom stereocenters. The summed E-state index contributed by atoms with van der Waals surface area (Å²) in [6, 6.07) is 6.05. The summed E-state index contributed by atoms with van der Waals surface area (Å²) in [5, 5.41) is 8.68. The second kappa shape index (κ2) is 5.46. The van der Waals surface area contributed by atoms with E-state index in [0.29, 0.717) is 0 Å². The van der Waals surface area contributed by atoms with Crippen LogP contribution < -0.4 is 0 Å². The minimum Gasteiger partial charge on any atom is -0.396 e. The van der Waals surface area contributed by atoms with E-state index in [4.69, 9.17) is 5.11 Å². The fourth-order valence-corrected chi connectivity index (χ4v) is 2.10. The third-order valence-corrected chi connectivity index (χ3v) is 3.06. The number of aromatic nitrogens is 2. The van der Waals surface area contributed by atoms with E-state index in [1.54, 1.807) is 0 Å². The lowest BCUT2D eigenvalue weighted by Gasteiger charge is -1.95. The SMILES string of the molecule is OCCCCCc1nc2ccc(Br)cc2[nH]1. The van der Waals surface area contributed by atoms with Gasteiger partial charge in [0.1, 0.15) is 5.82 Å². The highest BCUT2D eigenvalue weighted by atomic mass is 79.9. The van der Waals surface area contributed by atoms with Crippen molar-refractivity contribution in [2.45, 2.75) is 25.7 Å². The Balaban J connectivity index is 2.02. The molecule has 16 heavy (non-hydrogen) atoms. The van der Waals surface area contributed by atoms with Crippen LogP contribution in [0.4, 0.5) is 0 Å². The van der Waals surface area contributed by atoms with Crippen molar-refractivity contribution in [3.63, 3.8) is 0 Å². The maximum atomic E-state index is 8.68. The van der Waals surface area contributed by atoms with Gasteiger partial charge in [-0.3, -0.25) is 0 Å². The Hall–Kier alpha value is -0.870. The standard InChI is InChI=1S/C12H15BrN2O/c13-9-5-6-10-11(8-9)15-12(14-10)4-2-1-3-7-16/h5-6,8,16H,1-4,7H2,(H,14,15). The first-order valence-corrected chi connectivity index (χ1v) is 6.34. The molecule has 0 bridgehead atoms. The second-order valence-corrected chi connectivity index (χ2v) is 4.79. The highest BCUT2D eigenvalue weighted by Crippen LogP contribution is 2.18. The van der Waals surface area contributed by atoms with E-state index in [0.717, 1.165) is 47.0 Å². The number of nitrogens with zero attached hydrogens (tertiary/aromatic N) is 1. The van der Waals surface area contributed by atoms with Crippen LogP contribution in [-0.4, -0.2) is 21.7 Å². The molecule has 0 aliphatic carbocycles. The molecule has 0 amide bonds. The third-order valence-electron chi connectivity index (χ3n) is 2.56. The molecular formula is C12H15BrN2O. The van der Waals surface area contributed by atoms with Gasteiger partial charge in [-0.15, -0.1) is 0 Å². The lowest BCUT2D eigenvalue weighted by Crippen LogP contribution is -1.89. The molecule has 3 nitrogen and oxygen atoms in total. The normalized spacial score (nSPS) is 11.1. The van der Waals surface area contributed by atoms with Crippen LogP contribution >= 0.6 is 15.9 Å². The molecule has 0 radical (unpaired) electrons. The van der Waals surface area contributed by atoms with Gasteiger partial charge in [-0.1, -0.05) is 22.4 Å². The summed E-state index contributed by atoms with van der Waals surface area (Å²) in [6.45, 7) is 0.285. The smallest absolute Gasteiger partial charge is 0.107 e. The van der Waals surface area contributed by atoms with E-state index in [1.165, 1.54) is 0 Å². The van der Waals surface area contributed by atoms with Gasteiger partial charge >= 0.3 is 0 Å². The van der Waals surface area contributed by atoms with E-state index in [1.807, 2.05) is 18.2 Å². The largest absolute Gasteiger partial charge is 0.396 e. The molecule has 0 fully saturated rings. The zero-order chi connectivity index (χ0) is 11.4. The van der Waals surface area contributed by atoms with Crippen LogP contribution in [0, 0.1) is 0 Å². The molecule has 0 unspecified atom stereocenters. The zero-order valence-corrected chi connectivity index (χ0v) is 10.6. The van der Waals surface area contributed by atoms with Gasteiger partial charge in [0, 0.05) is 17.5 Å². The molecule has 2 rings (SSSR count). The van der Waals surface area contributed by atoms with Gasteiger partial charge in [0.05, 0.1) is 11.0 Å². The molecule has 1 aromatic heterocycles. The summed E-state index contributed by atoms with van der Waals surface area (Å²) in [6.07, 6.45) is 3.96. The first kappa shape index (κ1) is 11.6. The van der Waals surface area contributed by atoms with Gasteiger partial charge in [0.15, 0.2) is 0 Å². The summed E-state index contributed by atoms with van der Waals surface area (Å²) in [5.74, 6) is 1.03. The fraction of sp³-hybridized carbons (Fsp3) is 0.417. The number of benzene rings is 1. The number of aliphatic hydroxyl groups is 1. The molecular weight excluding hydrogens is 268 g/mol. The number of H-pyrrole nitrogens is 1. The quantitative estimate of drug-likeness (QED) is 0.829. The van der Waals surface area contributed by atoms with Crippen LogP contribution in [0.25, 0.3) is 11.0 Å². The Morgan fingerprint density at radius 3 is 2.94 bits per heavy atom. The fourth-order valence-electron chi connectivity index (χ4n) is 1.73. The number of unbranched alkanes of at least 4 members (excludes halogenated alkanes) is 2. The Labute approximate surface area is 103 Å². The molecule has 4 heteroatoms. The third kappa shape index (κ3) is 2.83. The summed E-state index contributed by atoms with van der Waals surface area (Å²) < 4.78 is 1.07. The number of nitrogens with one attached hydrogen (secondary N) is 1. The van der Waals surface area contributed by atoms with E-state index in [2.05, 4.69) is 25.9 Å². The van der Waals surface area contributed by atoms with Crippen molar-refractivity contribution < 1.29 is 5.11 Å². The van der Waals surface area contributed by atoms with Crippen molar-refractivity contribution in [2.75, 3.05) is 6.61 Å².